The predicted octanol–water partition coefficient (Wildman–Crippen LogP) is 4.51. The molecule has 27 heavy (non-hydrogen) atoms. The van der Waals surface area contributed by atoms with Gasteiger partial charge in [-0.15, -0.1) is 0 Å². The van der Waals surface area contributed by atoms with E-state index in [0.717, 1.165) is 37.6 Å². The van der Waals surface area contributed by atoms with Crippen LogP contribution in [-0.4, -0.2) is 39.1 Å². The largest absolute Gasteiger partial charge is 0.390 e. The number of fused-ring (bicyclic) bond motifs is 3. The van der Waals surface area contributed by atoms with Gasteiger partial charge in [0.05, 0.1) is 5.60 Å². The minimum absolute atomic E-state index is 0.205. The van der Waals surface area contributed by atoms with Gasteiger partial charge in [-0.05, 0) is 68.1 Å². The Labute approximate surface area is 162 Å². The third-order valence-corrected chi connectivity index (χ3v) is 6.92. The number of nitrogens with one attached hydrogen (secondary N) is 1. The van der Waals surface area contributed by atoms with E-state index in [9.17, 15) is 9.90 Å². The van der Waals surface area contributed by atoms with E-state index in [1.54, 1.807) is 0 Å². The lowest BCUT2D eigenvalue weighted by Crippen LogP contribution is -2.55. The molecule has 1 saturated carbocycles. The lowest BCUT2D eigenvalue weighted by Gasteiger charge is -2.48. The van der Waals surface area contributed by atoms with Crippen molar-refractivity contribution in [2.45, 2.75) is 76.9 Å². The number of aromatic nitrogens is 1. The molecule has 2 N–H and O–H groups in total. The summed E-state index contributed by atoms with van der Waals surface area (Å²) in [5, 5.41) is 11.9. The number of likely N-dealkylation sites (tertiary alicyclic amines) is 1. The highest BCUT2D eigenvalue weighted by atomic mass is 16.3. The number of hydrogen-bond donors (Lipinski definition) is 2. The smallest absolute Gasteiger partial charge is 0.223 e. The summed E-state index contributed by atoms with van der Waals surface area (Å²) in [6.45, 7) is 7.28. The van der Waals surface area contributed by atoms with Gasteiger partial charge in [0.15, 0.2) is 0 Å². The van der Waals surface area contributed by atoms with Gasteiger partial charge in [0.25, 0.3) is 0 Å². The van der Waals surface area contributed by atoms with Crippen molar-refractivity contribution in [2.75, 3.05) is 6.54 Å². The zero-order chi connectivity index (χ0) is 19.2. The molecule has 4 rings (SSSR count). The number of hydrogen-bond acceptors (Lipinski definition) is 2. The van der Waals surface area contributed by atoms with Gasteiger partial charge in [0, 0.05) is 36.1 Å². The molecule has 146 valence electrons. The van der Waals surface area contributed by atoms with Crippen molar-refractivity contribution in [2.24, 2.45) is 5.92 Å². The van der Waals surface area contributed by atoms with Gasteiger partial charge in [0.1, 0.15) is 0 Å². The van der Waals surface area contributed by atoms with Gasteiger partial charge in [-0.2, -0.15) is 0 Å². The fourth-order valence-corrected chi connectivity index (χ4v) is 5.34. The molecule has 1 aromatic carbocycles. The number of carbonyl (C=O) groups excluding carboxylic acids is 1. The highest BCUT2D eigenvalue weighted by Crippen LogP contribution is 2.40. The van der Waals surface area contributed by atoms with E-state index in [4.69, 9.17) is 0 Å². The Morgan fingerprint density at radius 2 is 2.19 bits per heavy atom. The summed E-state index contributed by atoms with van der Waals surface area (Å²) in [6, 6.07) is 6.55. The molecular formula is C23H32N2O2. The Bertz CT molecular complexity index is 840. The van der Waals surface area contributed by atoms with E-state index < -0.39 is 5.60 Å². The maximum absolute atomic E-state index is 13.3. The molecule has 3 atom stereocenters. The highest BCUT2D eigenvalue weighted by Gasteiger charge is 2.43. The Hall–Kier alpha value is -1.81. The summed E-state index contributed by atoms with van der Waals surface area (Å²) in [7, 11) is 0. The number of rotatable bonds is 4. The predicted molar refractivity (Wildman–Crippen MR) is 109 cm³/mol. The summed E-state index contributed by atoms with van der Waals surface area (Å²) < 4.78 is 0. The lowest BCUT2D eigenvalue weighted by atomic mass is 9.75. The van der Waals surface area contributed by atoms with E-state index >= 15 is 0 Å². The summed E-state index contributed by atoms with van der Waals surface area (Å²) in [5.41, 5.74) is 3.16. The fraction of sp³-hybridized carbons (Fsp3) is 0.609. The number of H-pyrrole nitrogens is 1. The first-order chi connectivity index (χ1) is 12.9. The highest BCUT2D eigenvalue weighted by molar-refractivity contribution is 5.88. The van der Waals surface area contributed by atoms with Gasteiger partial charge in [-0.25, -0.2) is 0 Å². The molecule has 2 aromatic rings. The molecule has 4 nitrogen and oxygen atoms in total. The molecule has 4 heteroatoms. The van der Waals surface area contributed by atoms with Crippen LogP contribution in [0.3, 0.4) is 0 Å². The minimum Gasteiger partial charge on any atom is -0.390 e. The molecule has 0 spiro atoms. The standard InChI is InChI=1S/C23H32N2O2/c1-15(2)18(19-14-24-20-8-4-6-16(3)22(19)20)12-21(26)25-11-10-23(27)9-5-7-17(25)13-23/h4,6,8,14-15,17-18,24,27H,5,7,9-13H2,1-3H3. The van der Waals surface area contributed by atoms with Gasteiger partial charge in [-0.1, -0.05) is 26.0 Å². The average molecular weight is 369 g/mol. The summed E-state index contributed by atoms with van der Waals surface area (Å²) in [6.07, 6.45) is 7.10. The first-order valence-corrected chi connectivity index (χ1v) is 10.5. The van der Waals surface area contributed by atoms with Crippen LogP contribution < -0.4 is 0 Å². The van der Waals surface area contributed by atoms with Gasteiger partial charge >= 0.3 is 0 Å². The number of piperidine rings is 1. The zero-order valence-electron chi connectivity index (χ0n) is 16.8. The van der Waals surface area contributed by atoms with Gasteiger partial charge < -0.3 is 15.0 Å². The van der Waals surface area contributed by atoms with Gasteiger partial charge in [0.2, 0.25) is 5.91 Å². The molecule has 1 aromatic heterocycles. The maximum atomic E-state index is 13.3. The van der Waals surface area contributed by atoms with Crippen LogP contribution in [0.4, 0.5) is 0 Å². The van der Waals surface area contributed by atoms with Crippen LogP contribution in [0.1, 0.15) is 69.4 Å². The van der Waals surface area contributed by atoms with E-state index in [1.165, 1.54) is 16.5 Å². The van der Waals surface area contributed by atoms with Crippen LogP contribution in [0.25, 0.3) is 10.9 Å². The number of aromatic amines is 1. The number of benzene rings is 1. The molecule has 1 aliphatic heterocycles. The van der Waals surface area contributed by atoms with E-state index in [2.05, 4.69) is 55.1 Å². The van der Waals surface area contributed by atoms with E-state index in [1.807, 2.05) is 0 Å². The first kappa shape index (κ1) is 18.5. The van der Waals surface area contributed by atoms with Crippen LogP contribution in [0.2, 0.25) is 0 Å². The monoisotopic (exact) mass is 368 g/mol. The fourth-order valence-electron chi connectivity index (χ4n) is 5.34. The molecule has 3 unspecified atom stereocenters. The molecule has 2 aliphatic rings. The third-order valence-electron chi connectivity index (χ3n) is 6.92. The Kier molecular flexibility index (Phi) is 4.79. The molecule has 1 amide bonds. The van der Waals surface area contributed by atoms with Crippen molar-refractivity contribution in [1.82, 2.24) is 9.88 Å². The molecule has 2 bridgehead atoms. The zero-order valence-corrected chi connectivity index (χ0v) is 16.8. The summed E-state index contributed by atoms with van der Waals surface area (Å²) >= 11 is 0. The van der Waals surface area contributed by atoms with Crippen molar-refractivity contribution in [3.8, 4) is 0 Å². The minimum atomic E-state index is -0.523. The van der Waals surface area contributed by atoms with Crippen LogP contribution >= 0.6 is 0 Å². The van der Waals surface area contributed by atoms with Crippen molar-refractivity contribution < 1.29 is 9.90 Å². The van der Waals surface area contributed by atoms with Gasteiger partial charge in [-0.3, -0.25) is 4.79 Å². The van der Waals surface area contributed by atoms with E-state index in [0.29, 0.717) is 18.9 Å². The number of amides is 1. The van der Waals surface area contributed by atoms with Crippen molar-refractivity contribution >= 4 is 16.8 Å². The second kappa shape index (κ2) is 6.97. The third kappa shape index (κ3) is 3.40. The van der Waals surface area contributed by atoms with Crippen LogP contribution in [0.5, 0.6) is 0 Å². The molecular weight excluding hydrogens is 336 g/mol. The molecule has 2 fully saturated rings. The Balaban J connectivity index is 1.58. The quantitative estimate of drug-likeness (QED) is 0.834. The maximum Gasteiger partial charge on any atom is 0.223 e. The number of aliphatic hydroxyl groups is 1. The first-order valence-electron chi connectivity index (χ1n) is 10.5. The van der Waals surface area contributed by atoms with Crippen LogP contribution in [0.15, 0.2) is 24.4 Å². The SMILES string of the molecule is Cc1cccc2[nH]cc(C(CC(=O)N3CCC4(O)CCCC3C4)C(C)C)c12. The second-order valence-corrected chi connectivity index (χ2v) is 9.11. The van der Waals surface area contributed by atoms with Crippen LogP contribution in [0, 0.1) is 12.8 Å². The number of nitrogens with zero attached hydrogens (tertiary/aromatic N) is 1. The average Bonchev–Trinajstić information content (AvgIpc) is 3.04. The topological polar surface area (TPSA) is 56.3 Å². The number of aryl methyl sites for hydroxylation is 1. The van der Waals surface area contributed by atoms with Crippen LogP contribution in [-0.2, 0) is 4.79 Å². The normalized spacial score (nSPS) is 26.6. The van der Waals surface area contributed by atoms with Crippen molar-refractivity contribution in [3.05, 3.63) is 35.5 Å². The molecule has 0 radical (unpaired) electrons. The molecule has 1 saturated heterocycles. The Morgan fingerprint density at radius 1 is 1.37 bits per heavy atom. The summed E-state index contributed by atoms with van der Waals surface area (Å²) in [4.78, 5) is 18.7. The van der Waals surface area contributed by atoms with E-state index in [-0.39, 0.29) is 17.9 Å². The molecule has 2 heterocycles. The number of carbonyl (C=O) groups is 1. The van der Waals surface area contributed by atoms with Crippen molar-refractivity contribution in [1.29, 1.82) is 0 Å². The summed E-state index contributed by atoms with van der Waals surface area (Å²) in [5.74, 6) is 0.850. The lowest BCUT2D eigenvalue weighted by molar-refractivity contribution is -0.144. The van der Waals surface area contributed by atoms with Crippen molar-refractivity contribution in [3.63, 3.8) is 0 Å². The second-order valence-electron chi connectivity index (χ2n) is 9.11. The molecule has 1 aliphatic carbocycles. The Morgan fingerprint density at radius 3 is 2.96 bits per heavy atom.